The van der Waals surface area contributed by atoms with Crippen molar-refractivity contribution in [2.24, 2.45) is 0 Å². The van der Waals surface area contributed by atoms with E-state index in [-0.39, 0.29) is 17.8 Å². The van der Waals surface area contributed by atoms with Crippen molar-refractivity contribution in [2.75, 3.05) is 25.0 Å². The Balaban J connectivity index is 1.30. The first-order chi connectivity index (χ1) is 16.5. The van der Waals surface area contributed by atoms with Gasteiger partial charge in [-0.2, -0.15) is 0 Å². The highest BCUT2D eigenvalue weighted by molar-refractivity contribution is 6.03. The van der Waals surface area contributed by atoms with Gasteiger partial charge in [0.2, 0.25) is 11.8 Å². The number of hydrogen-bond donors (Lipinski definition) is 0. The molecule has 7 nitrogen and oxygen atoms in total. The molecule has 0 radical (unpaired) electrons. The smallest absolute Gasteiger partial charge is 0.233 e. The fraction of sp³-hybridized carbons (Fsp3) is 0.333. The quantitative estimate of drug-likeness (QED) is 0.524. The Morgan fingerprint density at radius 2 is 1.88 bits per heavy atom. The van der Waals surface area contributed by atoms with E-state index in [9.17, 15) is 9.59 Å². The number of fused-ring (bicyclic) bond motifs is 1. The fourth-order valence-electron chi connectivity index (χ4n) is 4.57. The monoisotopic (exact) mass is 456 g/mol. The zero-order valence-corrected chi connectivity index (χ0v) is 19.5. The normalized spacial score (nSPS) is 16.5. The lowest BCUT2D eigenvalue weighted by molar-refractivity contribution is -0.117. The maximum Gasteiger partial charge on any atom is 0.233 e. The summed E-state index contributed by atoms with van der Waals surface area (Å²) in [4.78, 5) is 28.6. The Bertz CT molecular complexity index is 1220. The van der Waals surface area contributed by atoms with Gasteiger partial charge in [-0.05, 0) is 56.1 Å². The summed E-state index contributed by atoms with van der Waals surface area (Å²) in [5.41, 5.74) is 5.06. The Morgan fingerprint density at radius 3 is 2.62 bits per heavy atom. The predicted molar refractivity (Wildman–Crippen MR) is 130 cm³/mol. The van der Waals surface area contributed by atoms with Crippen LogP contribution in [0.2, 0.25) is 0 Å². The number of carbonyl (C=O) groups excluding carboxylic acids is 2. The molecule has 7 heteroatoms. The molecule has 0 spiro atoms. The zero-order valence-electron chi connectivity index (χ0n) is 19.5. The summed E-state index contributed by atoms with van der Waals surface area (Å²) < 4.78 is 6.01. The second kappa shape index (κ2) is 9.35. The van der Waals surface area contributed by atoms with Crippen LogP contribution in [0.1, 0.15) is 41.3 Å². The average molecular weight is 457 g/mol. The van der Waals surface area contributed by atoms with Crippen LogP contribution in [-0.2, 0) is 17.8 Å². The number of ketones is 1. The van der Waals surface area contributed by atoms with Crippen molar-refractivity contribution in [2.45, 2.75) is 38.8 Å². The van der Waals surface area contributed by atoms with Crippen molar-refractivity contribution >= 4 is 17.4 Å². The van der Waals surface area contributed by atoms with E-state index in [0.29, 0.717) is 24.4 Å². The maximum atomic E-state index is 12.7. The number of piperidine rings is 1. The number of hydrogen-bond acceptors (Lipinski definition) is 6. The third kappa shape index (κ3) is 4.70. The number of likely N-dealkylation sites (tertiary alicyclic amines) is 1. The highest BCUT2D eigenvalue weighted by atomic mass is 16.5. The van der Waals surface area contributed by atoms with Crippen LogP contribution in [0.3, 0.4) is 0 Å². The molecule has 0 N–H and O–H groups in total. The molecule has 2 aromatic carbocycles. The van der Waals surface area contributed by atoms with Gasteiger partial charge < -0.3 is 14.5 Å². The van der Waals surface area contributed by atoms with Crippen LogP contribution < -0.4 is 9.64 Å². The van der Waals surface area contributed by atoms with E-state index >= 15 is 0 Å². The third-order valence-corrected chi connectivity index (χ3v) is 6.58. The van der Waals surface area contributed by atoms with Crippen LogP contribution in [-0.4, -0.2) is 53.0 Å². The van der Waals surface area contributed by atoms with Crippen molar-refractivity contribution in [3.8, 4) is 17.1 Å². The molecule has 0 unspecified atom stereocenters. The van der Waals surface area contributed by atoms with E-state index in [1.165, 1.54) is 6.92 Å². The molecule has 1 amide bonds. The number of benzene rings is 2. The van der Waals surface area contributed by atoms with E-state index < -0.39 is 0 Å². The molecule has 3 aromatic rings. The van der Waals surface area contributed by atoms with Gasteiger partial charge in [0, 0.05) is 36.0 Å². The van der Waals surface area contributed by atoms with Crippen LogP contribution in [0.5, 0.6) is 5.88 Å². The summed E-state index contributed by atoms with van der Waals surface area (Å²) in [6, 6.07) is 17.3. The number of anilines is 1. The molecule has 5 rings (SSSR count). The topological polar surface area (TPSA) is 75.6 Å². The molecule has 0 atom stereocenters. The molecule has 1 fully saturated rings. The number of nitrogens with zero attached hydrogens (tertiary/aromatic N) is 4. The van der Waals surface area contributed by atoms with Gasteiger partial charge in [-0.15, -0.1) is 10.2 Å². The standard InChI is InChI=1S/C27H28N4O3/c1-18(32)20-6-7-22-16-27(33)31(25(22)15-20)17-19-4-3-5-21(14-19)24-8-9-26(29-28-24)34-23-10-12-30(2)13-11-23/h3-9,14-15,23H,10-13,16-17H2,1-2H3. The highest BCUT2D eigenvalue weighted by Crippen LogP contribution is 2.32. The largest absolute Gasteiger partial charge is 0.473 e. The highest BCUT2D eigenvalue weighted by Gasteiger charge is 2.28. The van der Waals surface area contributed by atoms with E-state index in [4.69, 9.17) is 4.74 Å². The van der Waals surface area contributed by atoms with E-state index in [2.05, 4.69) is 22.1 Å². The van der Waals surface area contributed by atoms with Crippen molar-refractivity contribution in [3.63, 3.8) is 0 Å². The lowest BCUT2D eigenvalue weighted by Gasteiger charge is -2.28. The summed E-state index contributed by atoms with van der Waals surface area (Å²) in [6.07, 6.45) is 2.53. The molecule has 1 aromatic heterocycles. The lowest BCUT2D eigenvalue weighted by Crippen LogP contribution is -2.35. The van der Waals surface area contributed by atoms with Crippen LogP contribution in [0, 0.1) is 0 Å². The van der Waals surface area contributed by atoms with Crippen molar-refractivity contribution in [1.82, 2.24) is 15.1 Å². The molecule has 2 aliphatic heterocycles. The number of carbonyl (C=O) groups is 2. The molecular weight excluding hydrogens is 428 g/mol. The summed E-state index contributed by atoms with van der Waals surface area (Å²) >= 11 is 0. The Morgan fingerprint density at radius 1 is 1.06 bits per heavy atom. The Kier molecular flexibility index (Phi) is 6.11. The van der Waals surface area contributed by atoms with E-state index in [1.54, 1.807) is 11.0 Å². The number of Topliss-reactive ketones (excluding diaryl/α,β-unsaturated/α-hetero) is 1. The minimum Gasteiger partial charge on any atom is -0.473 e. The van der Waals surface area contributed by atoms with Gasteiger partial charge in [0.15, 0.2) is 5.78 Å². The van der Waals surface area contributed by atoms with Crippen molar-refractivity contribution in [3.05, 3.63) is 71.3 Å². The van der Waals surface area contributed by atoms with Gasteiger partial charge in [-0.25, -0.2) is 0 Å². The molecule has 1 saturated heterocycles. The summed E-state index contributed by atoms with van der Waals surface area (Å²) in [7, 11) is 2.13. The lowest BCUT2D eigenvalue weighted by atomic mass is 10.1. The molecule has 0 aliphatic carbocycles. The maximum absolute atomic E-state index is 12.7. The second-order valence-electron chi connectivity index (χ2n) is 9.13. The van der Waals surface area contributed by atoms with Gasteiger partial charge >= 0.3 is 0 Å². The minimum atomic E-state index is -0.00841. The molecule has 174 valence electrons. The van der Waals surface area contributed by atoms with E-state index in [0.717, 1.165) is 54.0 Å². The summed E-state index contributed by atoms with van der Waals surface area (Å²) in [5, 5.41) is 8.67. The van der Waals surface area contributed by atoms with Crippen molar-refractivity contribution in [1.29, 1.82) is 0 Å². The van der Waals surface area contributed by atoms with Crippen molar-refractivity contribution < 1.29 is 14.3 Å². The second-order valence-corrected chi connectivity index (χ2v) is 9.13. The van der Waals surface area contributed by atoms with Gasteiger partial charge in [-0.3, -0.25) is 9.59 Å². The minimum absolute atomic E-state index is 0.00841. The fourth-order valence-corrected chi connectivity index (χ4v) is 4.57. The number of rotatable bonds is 6. The van der Waals surface area contributed by atoms with Crippen LogP contribution in [0.15, 0.2) is 54.6 Å². The molecule has 0 bridgehead atoms. The van der Waals surface area contributed by atoms with Crippen LogP contribution in [0.25, 0.3) is 11.3 Å². The first kappa shape index (κ1) is 22.2. The number of ether oxygens (including phenoxy) is 1. The van der Waals surface area contributed by atoms with Crippen LogP contribution in [0.4, 0.5) is 5.69 Å². The summed E-state index contributed by atoms with van der Waals surface area (Å²) in [6.45, 7) is 4.04. The average Bonchev–Trinajstić information content (AvgIpc) is 3.15. The molecule has 3 heterocycles. The molecule has 34 heavy (non-hydrogen) atoms. The molecule has 2 aliphatic rings. The van der Waals surface area contributed by atoms with E-state index in [1.807, 2.05) is 48.5 Å². The number of amides is 1. The first-order valence-electron chi connectivity index (χ1n) is 11.7. The summed E-state index contributed by atoms with van der Waals surface area (Å²) in [5.74, 6) is 0.581. The third-order valence-electron chi connectivity index (χ3n) is 6.58. The Hall–Kier alpha value is -3.58. The van der Waals surface area contributed by atoms with Crippen LogP contribution >= 0.6 is 0 Å². The molecular formula is C27H28N4O3. The zero-order chi connectivity index (χ0) is 23.7. The first-order valence-corrected chi connectivity index (χ1v) is 11.7. The SMILES string of the molecule is CC(=O)c1ccc2c(c1)N(Cc1cccc(-c3ccc(OC4CCN(C)CC4)nn3)c1)C(=O)C2. The van der Waals surface area contributed by atoms with Gasteiger partial charge in [0.25, 0.3) is 0 Å². The molecule has 0 saturated carbocycles. The number of aromatic nitrogens is 2. The van der Waals surface area contributed by atoms with Gasteiger partial charge in [0.05, 0.1) is 18.7 Å². The van der Waals surface area contributed by atoms with Gasteiger partial charge in [-0.1, -0.05) is 30.3 Å². The van der Waals surface area contributed by atoms with Gasteiger partial charge in [0.1, 0.15) is 6.10 Å². The predicted octanol–water partition coefficient (Wildman–Crippen LogP) is 3.91. The Labute approximate surface area is 199 Å².